The van der Waals surface area contributed by atoms with Crippen molar-refractivity contribution in [3.05, 3.63) is 29.8 Å². The van der Waals surface area contributed by atoms with Crippen LogP contribution in [0.2, 0.25) is 0 Å². The summed E-state index contributed by atoms with van der Waals surface area (Å²) in [7, 11) is 0. The lowest BCUT2D eigenvalue weighted by Gasteiger charge is -2.35. The van der Waals surface area contributed by atoms with Crippen molar-refractivity contribution in [1.82, 2.24) is 0 Å². The third kappa shape index (κ3) is 3.23. The molecule has 0 radical (unpaired) electrons. The lowest BCUT2D eigenvalue weighted by Crippen LogP contribution is -3.20. The van der Waals surface area contributed by atoms with Gasteiger partial charge in [0.1, 0.15) is 0 Å². The van der Waals surface area contributed by atoms with Crippen LogP contribution in [-0.2, 0) is 16.0 Å². The summed E-state index contributed by atoms with van der Waals surface area (Å²) >= 11 is 0. The number of likely N-dealkylation sites (tertiary alicyclic amines) is 1. The molecule has 3 rings (SSSR count). The van der Waals surface area contributed by atoms with Crippen molar-refractivity contribution in [3.63, 3.8) is 0 Å². The smallest absolute Gasteiger partial charge is 0.292 e. The maximum atomic E-state index is 12.9. The first-order valence-electron chi connectivity index (χ1n) is 9.08. The molecule has 2 fully saturated rings. The summed E-state index contributed by atoms with van der Waals surface area (Å²) < 4.78 is 0. The Morgan fingerprint density at radius 3 is 2.62 bits per heavy atom. The van der Waals surface area contributed by atoms with Gasteiger partial charge in [0.15, 0.2) is 6.04 Å². The zero-order valence-electron chi connectivity index (χ0n) is 14.3. The molecule has 2 aliphatic heterocycles. The Morgan fingerprint density at radius 1 is 1.21 bits per heavy atom. The molecule has 0 saturated carbocycles. The number of aliphatic hydroxyl groups is 1. The number of carbonyl (C=O) groups excluding carboxylic acids is 2. The molecule has 0 bridgehead atoms. The van der Waals surface area contributed by atoms with Gasteiger partial charge in [0.2, 0.25) is 5.91 Å². The average molecular weight is 331 g/mol. The van der Waals surface area contributed by atoms with Crippen LogP contribution < -0.4 is 9.80 Å². The Bertz CT molecular complexity index is 597. The minimum Gasteiger partial charge on any atom is -0.396 e. The first-order chi connectivity index (χ1) is 11.7. The van der Waals surface area contributed by atoms with Crippen molar-refractivity contribution in [2.75, 3.05) is 18.1 Å². The van der Waals surface area contributed by atoms with Crippen LogP contribution in [0.3, 0.4) is 0 Å². The fraction of sp³-hybridized carbons (Fsp3) is 0.579. The Balaban J connectivity index is 1.79. The van der Waals surface area contributed by atoms with E-state index in [1.54, 1.807) is 0 Å². The number of amides is 2. The second-order valence-corrected chi connectivity index (χ2v) is 6.87. The van der Waals surface area contributed by atoms with E-state index in [-0.39, 0.29) is 36.9 Å². The second kappa shape index (κ2) is 7.45. The van der Waals surface area contributed by atoms with E-state index in [0.29, 0.717) is 12.1 Å². The van der Waals surface area contributed by atoms with Crippen molar-refractivity contribution >= 4 is 17.5 Å². The molecule has 2 amide bonds. The molecule has 3 atom stereocenters. The van der Waals surface area contributed by atoms with Crippen LogP contribution in [0.25, 0.3) is 0 Å². The highest BCUT2D eigenvalue weighted by Gasteiger charge is 2.48. The molecule has 24 heavy (non-hydrogen) atoms. The predicted molar refractivity (Wildman–Crippen MR) is 91.9 cm³/mol. The lowest BCUT2D eigenvalue weighted by atomic mass is 9.97. The summed E-state index contributed by atoms with van der Waals surface area (Å²) in [6.07, 6.45) is 5.18. The van der Waals surface area contributed by atoms with E-state index in [9.17, 15) is 14.7 Å². The molecule has 0 spiro atoms. The molecule has 0 aromatic heterocycles. The van der Waals surface area contributed by atoms with Crippen LogP contribution in [0.5, 0.6) is 0 Å². The van der Waals surface area contributed by atoms with Gasteiger partial charge < -0.3 is 10.0 Å². The number of carbonyl (C=O) groups is 2. The molecule has 2 N–H and O–H groups in total. The van der Waals surface area contributed by atoms with E-state index in [2.05, 4.69) is 6.92 Å². The highest BCUT2D eigenvalue weighted by molar-refractivity contribution is 6.21. The van der Waals surface area contributed by atoms with Crippen LogP contribution in [-0.4, -0.2) is 42.2 Å². The van der Waals surface area contributed by atoms with Gasteiger partial charge in [-0.1, -0.05) is 19.1 Å². The second-order valence-electron chi connectivity index (χ2n) is 6.87. The quantitative estimate of drug-likeness (QED) is 0.781. The molecule has 130 valence electrons. The van der Waals surface area contributed by atoms with Crippen molar-refractivity contribution in [2.45, 2.75) is 57.5 Å². The zero-order valence-corrected chi connectivity index (χ0v) is 14.3. The zero-order chi connectivity index (χ0) is 17.1. The summed E-state index contributed by atoms with van der Waals surface area (Å²) in [5, 5.41) is 9.30. The van der Waals surface area contributed by atoms with Gasteiger partial charge >= 0.3 is 0 Å². The first-order valence-corrected chi connectivity index (χ1v) is 9.08. The standard InChI is InChI=1S/C19H26N2O3/c1-2-14-6-8-16(9-7-14)21-18(23)13-17(19(21)24)20-11-4-3-5-15(20)10-12-22/h6-9,15,17,22H,2-5,10-13H2,1H3/p+1/t15-,17+/m0/s1. The number of rotatable bonds is 5. The SMILES string of the molecule is CCc1ccc(N2C(=O)C[C@@H]([NH+]3CCCC[C@H]3CCO)C2=O)cc1. The minimum atomic E-state index is -0.291. The van der Waals surface area contributed by atoms with Gasteiger partial charge in [0, 0.05) is 13.0 Å². The van der Waals surface area contributed by atoms with Crippen LogP contribution >= 0.6 is 0 Å². The van der Waals surface area contributed by atoms with E-state index in [1.165, 1.54) is 15.4 Å². The summed E-state index contributed by atoms with van der Waals surface area (Å²) in [5.41, 5.74) is 1.87. The number of quaternary nitrogens is 1. The number of hydrogen-bond donors (Lipinski definition) is 2. The summed E-state index contributed by atoms with van der Waals surface area (Å²) in [6.45, 7) is 3.14. The number of anilines is 1. The van der Waals surface area contributed by atoms with E-state index < -0.39 is 0 Å². The predicted octanol–water partition coefficient (Wildman–Crippen LogP) is 0.701. The Morgan fingerprint density at radius 2 is 1.96 bits per heavy atom. The van der Waals surface area contributed by atoms with Crippen LogP contribution in [0, 0.1) is 0 Å². The van der Waals surface area contributed by atoms with Gasteiger partial charge in [-0.25, -0.2) is 4.90 Å². The monoisotopic (exact) mass is 331 g/mol. The van der Waals surface area contributed by atoms with Crippen molar-refractivity contribution in [3.8, 4) is 0 Å². The van der Waals surface area contributed by atoms with Crippen molar-refractivity contribution < 1.29 is 19.6 Å². The summed E-state index contributed by atoms with van der Waals surface area (Å²) in [6, 6.07) is 7.69. The van der Waals surface area contributed by atoms with Gasteiger partial charge in [-0.05, 0) is 43.4 Å². The average Bonchev–Trinajstić information content (AvgIpc) is 2.90. The number of imide groups is 1. The maximum absolute atomic E-state index is 12.9. The van der Waals surface area contributed by atoms with Gasteiger partial charge in [-0.15, -0.1) is 0 Å². The molecule has 2 aliphatic rings. The highest BCUT2D eigenvalue weighted by atomic mass is 16.3. The number of nitrogens with zero attached hydrogens (tertiary/aromatic N) is 1. The van der Waals surface area contributed by atoms with Gasteiger partial charge in [-0.2, -0.15) is 0 Å². The number of benzene rings is 1. The fourth-order valence-electron chi connectivity index (χ4n) is 4.13. The number of piperidine rings is 1. The van der Waals surface area contributed by atoms with Gasteiger partial charge in [0.05, 0.1) is 24.7 Å². The molecule has 0 aliphatic carbocycles. The molecule has 5 heteroatoms. The van der Waals surface area contributed by atoms with Crippen molar-refractivity contribution in [1.29, 1.82) is 0 Å². The molecule has 1 aromatic rings. The summed E-state index contributed by atoms with van der Waals surface area (Å²) in [5.74, 6) is -0.181. The molecule has 5 nitrogen and oxygen atoms in total. The van der Waals surface area contributed by atoms with Gasteiger partial charge in [-0.3, -0.25) is 9.59 Å². The number of aryl methyl sites for hydroxylation is 1. The van der Waals surface area contributed by atoms with E-state index in [1.807, 2.05) is 24.3 Å². The molecule has 1 unspecified atom stereocenters. The number of nitrogens with one attached hydrogen (secondary N) is 1. The van der Waals surface area contributed by atoms with E-state index in [4.69, 9.17) is 0 Å². The van der Waals surface area contributed by atoms with Crippen LogP contribution in [0.4, 0.5) is 5.69 Å². The topological polar surface area (TPSA) is 62.1 Å². The maximum Gasteiger partial charge on any atom is 0.292 e. The number of aliphatic hydroxyl groups excluding tert-OH is 1. The van der Waals surface area contributed by atoms with Crippen LogP contribution in [0.15, 0.2) is 24.3 Å². The Labute approximate surface area is 143 Å². The first kappa shape index (κ1) is 17.1. The normalized spacial score (nSPS) is 27.8. The fourth-order valence-corrected chi connectivity index (χ4v) is 4.13. The summed E-state index contributed by atoms with van der Waals surface area (Å²) in [4.78, 5) is 28.0. The molecule has 1 aromatic carbocycles. The highest BCUT2D eigenvalue weighted by Crippen LogP contribution is 2.23. The molecular weight excluding hydrogens is 304 g/mol. The molecule has 2 saturated heterocycles. The third-order valence-corrected chi connectivity index (χ3v) is 5.47. The van der Waals surface area contributed by atoms with Gasteiger partial charge in [0.25, 0.3) is 5.91 Å². The third-order valence-electron chi connectivity index (χ3n) is 5.47. The van der Waals surface area contributed by atoms with Crippen molar-refractivity contribution in [2.24, 2.45) is 0 Å². The lowest BCUT2D eigenvalue weighted by molar-refractivity contribution is -0.945. The molecule has 2 heterocycles. The largest absolute Gasteiger partial charge is 0.396 e. The minimum absolute atomic E-state index is 0.0795. The van der Waals surface area contributed by atoms with Crippen LogP contribution in [0.1, 0.15) is 44.6 Å². The Kier molecular flexibility index (Phi) is 5.31. The van der Waals surface area contributed by atoms with E-state index in [0.717, 1.165) is 32.2 Å². The van der Waals surface area contributed by atoms with E-state index >= 15 is 0 Å². The Hall–Kier alpha value is -1.72. The molecular formula is C19H27N2O3+. The number of hydrogen-bond acceptors (Lipinski definition) is 3.